The molecule has 0 amide bonds. The topological polar surface area (TPSA) is 43.2 Å². The summed E-state index contributed by atoms with van der Waals surface area (Å²) in [6, 6.07) is -0.343. The van der Waals surface area contributed by atoms with Gasteiger partial charge >= 0.3 is 12.2 Å². The van der Waals surface area contributed by atoms with Crippen molar-refractivity contribution >= 4 is 12.2 Å². The fourth-order valence-electron chi connectivity index (χ4n) is 0.573. The number of halogens is 3. The molecule has 0 aliphatic heterocycles. The van der Waals surface area contributed by atoms with Gasteiger partial charge in [-0.05, 0) is 13.8 Å². The minimum Gasteiger partial charge on any atom is -0.454 e. The number of rotatable bonds is 3. The normalized spacial score (nSPS) is 15.7. The Balaban J connectivity index is 4.35. The molecule has 0 aromatic rings. The average Bonchev–Trinajstić information content (AvgIpc) is 2.13. The van der Waals surface area contributed by atoms with E-state index >= 15 is 0 Å². The summed E-state index contributed by atoms with van der Waals surface area (Å²) >= 11 is 0. The molecule has 4 nitrogen and oxygen atoms in total. The highest BCUT2D eigenvalue weighted by Crippen LogP contribution is 2.14. The minimum atomic E-state index is -4.40. The van der Waals surface area contributed by atoms with E-state index in [9.17, 15) is 13.2 Å². The Morgan fingerprint density at radius 2 is 2.07 bits per heavy atom. The van der Waals surface area contributed by atoms with Crippen molar-refractivity contribution in [3.63, 3.8) is 0 Å². The van der Waals surface area contributed by atoms with E-state index < -0.39 is 19.0 Å². The molecule has 0 saturated carbocycles. The van der Waals surface area contributed by atoms with Crippen LogP contribution in [0.5, 0.6) is 0 Å². The van der Waals surface area contributed by atoms with Crippen LogP contribution in [0, 0.1) is 0 Å². The second-order valence-corrected chi connectivity index (χ2v) is 2.54. The van der Waals surface area contributed by atoms with Gasteiger partial charge in [0.25, 0.3) is 0 Å². The highest BCUT2D eigenvalue weighted by Gasteiger charge is 2.29. The van der Waals surface area contributed by atoms with E-state index in [1.165, 1.54) is 13.3 Å². The molecule has 0 heterocycles. The second kappa shape index (κ2) is 6.39. The first-order chi connectivity index (χ1) is 6.89. The summed E-state index contributed by atoms with van der Waals surface area (Å²) in [5.74, 6) is 0. The van der Waals surface area contributed by atoms with Gasteiger partial charge in [0, 0.05) is 13.3 Å². The van der Waals surface area contributed by atoms with E-state index in [4.69, 9.17) is 4.74 Å². The van der Waals surface area contributed by atoms with Crippen LogP contribution in [0.25, 0.3) is 0 Å². The number of amidine groups is 1. The lowest BCUT2D eigenvalue weighted by Crippen LogP contribution is -2.20. The largest absolute Gasteiger partial charge is 0.454 e. The summed E-state index contributed by atoms with van der Waals surface area (Å²) in [6.45, 7) is 1.69. The van der Waals surface area contributed by atoms with E-state index in [0.717, 1.165) is 0 Å². The molecule has 0 saturated heterocycles. The highest BCUT2D eigenvalue weighted by molar-refractivity contribution is 5.82. The Morgan fingerprint density at radius 1 is 1.47 bits per heavy atom. The number of hydrogen-bond donors (Lipinski definition) is 0. The van der Waals surface area contributed by atoms with Gasteiger partial charge in [-0.25, -0.2) is 9.98 Å². The van der Waals surface area contributed by atoms with Gasteiger partial charge in [-0.3, -0.25) is 0 Å². The molecule has 0 aromatic carbocycles. The summed E-state index contributed by atoms with van der Waals surface area (Å²) in [5.41, 5.74) is 0. The van der Waals surface area contributed by atoms with E-state index in [1.807, 2.05) is 0 Å². The number of nitrogens with zero attached hydrogens (tertiary/aromatic N) is 2. The predicted octanol–water partition coefficient (Wildman–Crippen LogP) is 2.00. The second-order valence-electron chi connectivity index (χ2n) is 2.54. The fourth-order valence-corrected chi connectivity index (χ4v) is 0.573. The first-order valence-electron chi connectivity index (χ1n) is 4.18. The Kier molecular flexibility index (Phi) is 5.92. The quantitative estimate of drug-likeness (QED) is 0.545. The van der Waals surface area contributed by atoms with Crippen LogP contribution < -0.4 is 0 Å². The average molecular weight is 226 g/mol. The minimum absolute atomic E-state index is 0.343. The summed E-state index contributed by atoms with van der Waals surface area (Å²) in [7, 11) is 1.38. The van der Waals surface area contributed by atoms with Gasteiger partial charge in [0.2, 0.25) is 0 Å². The van der Waals surface area contributed by atoms with Crippen molar-refractivity contribution in [2.75, 3.05) is 13.7 Å². The number of hydrogen-bond acceptors (Lipinski definition) is 3. The lowest BCUT2D eigenvalue weighted by Gasteiger charge is -2.09. The molecule has 0 fully saturated rings. The number of alkyl halides is 3. The lowest BCUT2D eigenvalue weighted by atomic mass is 10.7. The van der Waals surface area contributed by atoms with Crippen LogP contribution in [-0.4, -0.2) is 38.4 Å². The van der Waals surface area contributed by atoms with Gasteiger partial charge in [-0.2, -0.15) is 13.2 Å². The molecule has 1 atom stereocenters. The Labute approximate surface area is 85.8 Å². The third kappa shape index (κ3) is 7.92. The first-order valence-corrected chi connectivity index (χ1v) is 4.18. The molecule has 0 rings (SSSR count). The maximum atomic E-state index is 11.8. The Bertz CT molecular complexity index is 239. The maximum Gasteiger partial charge on any atom is 0.422 e. The number of ether oxygens (including phenoxy) is 2. The molecule has 0 aromatic heterocycles. The van der Waals surface area contributed by atoms with Crippen LogP contribution in [0.3, 0.4) is 0 Å². The molecule has 88 valence electrons. The molecule has 1 unspecified atom stereocenters. The molecule has 15 heavy (non-hydrogen) atoms. The van der Waals surface area contributed by atoms with E-state index in [2.05, 4.69) is 14.7 Å². The van der Waals surface area contributed by atoms with Crippen LogP contribution in [0.15, 0.2) is 9.98 Å². The SMILES string of the molecule is C/C=N\C(=N/C(C)OC)OCC(F)(F)F. The lowest BCUT2D eigenvalue weighted by molar-refractivity contribution is -0.156. The molecule has 0 aliphatic carbocycles. The van der Waals surface area contributed by atoms with Crippen molar-refractivity contribution in [2.45, 2.75) is 26.3 Å². The molecule has 0 radical (unpaired) electrons. The summed E-state index contributed by atoms with van der Waals surface area (Å²) in [4.78, 5) is 7.20. The zero-order valence-electron chi connectivity index (χ0n) is 8.71. The van der Waals surface area contributed by atoms with Gasteiger partial charge < -0.3 is 9.47 Å². The van der Waals surface area contributed by atoms with Crippen molar-refractivity contribution in [2.24, 2.45) is 9.98 Å². The third-order valence-electron chi connectivity index (χ3n) is 1.24. The van der Waals surface area contributed by atoms with Crippen LogP contribution in [0.1, 0.15) is 13.8 Å². The maximum absolute atomic E-state index is 11.8. The van der Waals surface area contributed by atoms with E-state index in [1.54, 1.807) is 13.8 Å². The monoisotopic (exact) mass is 226 g/mol. The van der Waals surface area contributed by atoms with E-state index in [-0.39, 0.29) is 6.02 Å². The van der Waals surface area contributed by atoms with Crippen molar-refractivity contribution in [3.8, 4) is 0 Å². The molecule has 0 aliphatic rings. The van der Waals surface area contributed by atoms with Crippen LogP contribution in [0.2, 0.25) is 0 Å². The summed E-state index contributed by atoms with van der Waals surface area (Å²) in [5, 5.41) is 0. The molecular formula is C8H13F3N2O2. The van der Waals surface area contributed by atoms with Crippen LogP contribution in [0.4, 0.5) is 13.2 Å². The van der Waals surface area contributed by atoms with Gasteiger partial charge in [0.15, 0.2) is 12.8 Å². The zero-order valence-corrected chi connectivity index (χ0v) is 8.71. The first kappa shape index (κ1) is 13.9. The molecule has 7 heteroatoms. The Morgan fingerprint density at radius 3 is 2.47 bits per heavy atom. The molecular weight excluding hydrogens is 213 g/mol. The van der Waals surface area contributed by atoms with E-state index in [0.29, 0.717) is 0 Å². The number of methoxy groups -OCH3 is 1. The molecule has 0 bridgehead atoms. The van der Waals surface area contributed by atoms with Gasteiger partial charge in [0.05, 0.1) is 0 Å². The third-order valence-corrected chi connectivity index (χ3v) is 1.24. The van der Waals surface area contributed by atoms with Crippen LogP contribution >= 0.6 is 0 Å². The summed E-state index contributed by atoms with van der Waals surface area (Å²) < 4.78 is 44.5. The van der Waals surface area contributed by atoms with Crippen molar-refractivity contribution in [1.82, 2.24) is 0 Å². The van der Waals surface area contributed by atoms with Gasteiger partial charge in [-0.15, -0.1) is 0 Å². The van der Waals surface area contributed by atoms with Crippen LogP contribution in [-0.2, 0) is 9.47 Å². The standard InChI is InChI=1S/C8H13F3N2O2/c1-4-12-7(13-6(2)14-3)15-5-8(9,10)11/h4,6H,5H2,1-3H3/b12-4-,13-7+. The van der Waals surface area contributed by atoms with Crippen molar-refractivity contribution in [1.29, 1.82) is 0 Å². The fraction of sp³-hybridized carbons (Fsp3) is 0.750. The Hall–Kier alpha value is -1.11. The smallest absolute Gasteiger partial charge is 0.422 e. The van der Waals surface area contributed by atoms with Gasteiger partial charge in [0.1, 0.15) is 0 Å². The predicted molar refractivity (Wildman–Crippen MR) is 50.1 cm³/mol. The van der Waals surface area contributed by atoms with Gasteiger partial charge in [-0.1, -0.05) is 0 Å². The number of aliphatic imine (C=N–C) groups is 2. The highest BCUT2D eigenvalue weighted by atomic mass is 19.4. The molecule has 0 spiro atoms. The van der Waals surface area contributed by atoms with Crippen molar-refractivity contribution < 1.29 is 22.6 Å². The molecule has 0 N–H and O–H groups in total. The van der Waals surface area contributed by atoms with Crippen molar-refractivity contribution in [3.05, 3.63) is 0 Å². The zero-order chi connectivity index (χ0) is 11.9. The summed E-state index contributed by atoms with van der Waals surface area (Å²) in [6.07, 6.45) is -3.71.